The summed E-state index contributed by atoms with van der Waals surface area (Å²) in [7, 11) is 0. The molecule has 0 radical (unpaired) electrons. The van der Waals surface area contributed by atoms with Crippen LogP contribution in [0.4, 0.5) is 8.78 Å². The molecule has 2 aromatic rings. The Hall–Kier alpha value is -2.75. The van der Waals surface area contributed by atoms with Crippen LogP contribution in [0.2, 0.25) is 10.0 Å². The number of nitrogens with one attached hydrogen (secondary N) is 2. The number of halogens is 4. The first-order valence-corrected chi connectivity index (χ1v) is 13.4. The van der Waals surface area contributed by atoms with Crippen molar-refractivity contribution in [1.82, 2.24) is 10.6 Å². The summed E-state index contributed by atoms with van der Waals surface area (Å²) in [6, 6.07) is 11.2. The van der Waals surface area contributed by atoms with Crippen LogP contribution in [-0.4, -0.2) is 48.8 Å². The van der Waals surface area contributed by atoms with Gasteiger partial charge >= 0.3 is 5.92 Å². The van der Waals surface area contributed by atoms with Crippen molar-refractivity contribution in [2.75, 3.05) is 13.2 Å². The first kappa shape index (κ1) is 32.5. The van der Waals surface area contributed by atoms with Crippen molar-refractivity contribution in [1.29, 1.82) is 0 Å². The Labute approximate surface area is 237 Å². The van der Waals surface area contributed by atoms with Crippen LogP contribution in [0.1, 0.15) is 33.3 Å². The Balaban J connectivity index is 2.27. The standard InChI is InChI=1S/C28H35Cl2F2N3O4/c1-16(2)14-34-27(38)28(31,32)26(37)24(17(3)4)25(33)22(10-18-8-6-5-7-9-18)35-23(36)15-39-21-12-19(29)11-20(30)13-21/h5-9,11-13,16-17,22,24-25H,10,14-15,33H2,1-4H3,(H,34,38)(H,35,36)/t22-,24-,25?/m0/s1. The molecule has 0 heterocycles. The van der Waals surface area contributed by atoms with Gasteiger partial charge in [-0.2, -0.15) is 8.78 Å². The normalized spacial score (nSPS) is 14.0. The average Bonchev–Trinajstić information content (AvgIpc) is 2.85. The number of ether oxygens (including phenoxy) is 1. The van der Waals surface area contributed by atoms with Gasteiger partial charge in [-0.3, -0.25) is 14.4 Å². The maximum atomic E-state index is 15.0. The topological polar surface area (TPSA) is 111 Å². The predicted octanol–water partition coefficient (Wildman–Crippen LogP) is 4.68. The zero-order chi connectivity index (χ0) is 29.3. The van der Waals surface area contributed by atoms with Crippen molar-refractivity contribution < 1.29 is 27.9 Å². The van der Waals surface area contributed by atoms with Gasteiger partial charge in [0, 0.05) is 34.6 Å². The van der Waals surface area contributed by atoms with E-state index >= 15 is 8.78 Å². The highest BCUT2D eigenvalue weighted by Gasteiger charge is 2.52. The molecule has 2 aromatic carbocycles. The Morgan fingerprint density at radius 3 is 2.13 bits per heavy atom. The number of carbonyl (C=O) groups excluding carboxylic acids is 3. The van der Waals surface area contributed by atoms with E-state index in [4.69, 9.17) is 33.7 Å². The van der Waals surface area contributed by atoms with Gasteiger partial charge in [-0.15, -0.1) is 0 Å². The fourth-order valence-corrected chi connectivity index (χ4v) is 4.57. The van der Waals surface area contributed by atoms with E-state index in [1.165, 1.54) is 18.2 Å². The van der Waals surface area contributed by atoms with Gasteiger partial charge in [-0.05, 0) is 42.0 Å². The zero-order valence-corrected chi connectivity index (χ0v) is 23.9. The van der Waals surface area contributed by atoms with Crippen LogP contribution in [0.15, 0.2) is 48.5 Å². The molecule has 2 amide bonds. The molecule has 0 aromatic heterocycles. The largest absolute Gasteiger partial charge is 0.484 e. The maximum Gasteiger partial charge on any atom is 0.381 e. The van der Waals surface area contributed by atoms with Gasteiger partial charge in [0.05, 0.1) is 0 Å². The molecular formula is C28H35Cl2F2N3O4. The van der Waals surface area contributed by atoms with E-state index < -0.39 is 54.0 Å². The van der Waals surface area contributed by atoms with Gasteiger partial charge < -0.3 is 21.1 Å². The SMILES string of the molecule is CC(C)CNC(=O)C(F)(F)C(=O)[C@@H](C(C)C)C(N)[C@H](Cc1ccccc1)NC(=O)COc1cc(Cl)cc(Cl)c1. The van der Waals surface area contributed by atoms with Crippen LogP contribution >= 0.6 is 23.2 Å². The highest BCUT2D eigenvalue weighted by Crippen LogP contribution is 2.29. The lowest BCUT2D eigenvalue weighted by atomic mass is 9.78. The molecule has 0 aliphatic heterocycles. The molecule has 39 heavy (non-hydrogen) atoms. The minimum Gasteiger partial charge on any atom is -0.484 e. The van der Waals surface area contributed by atoms with Gasteiger partial charge in [0.1, 0.15) is 5.75 Å². The summed E-state index contributed by atoms with van der Waals surface area (Å²) >= 11 is 11.9. The summed E-state index contributed by atoms with van der Waals surface area (Å²) in [5, 5.41) is 5.48. The number of ketones is 1. The van der Waals surface area contributed by atoms with Crippen molar-refractivity contribution >= 4 is 40.8 Å². The number of hydrogen-bond acceptors (Lipinski definition) is 5. The van der Waals surface area contributed by atoms with E-state index in [2.05, 4.69) is 10.6 Å². The molecule has 0 saturated carbocycles. The number of Topliss-reactive ketones (excluding diaryl/α,β-unsaturated/α-hetero) is 1. The summed E-state index contributed by atoms with van der Waals surface area (Å²) in [4.78, 5) is 38.2. The molecule has 11 heteroatoms. The number of alkyl halides is 2. The van der Waals surface area contributed by atoms with Crippen LogP contribution in [0.5, 0.6) is 5.75 Å². The van der Waals surface area contributed by atoms with E-state index in [9.17, 15) is 14.4 Å². The lowest BCUT2D eigenvalue weighted by molar-refractivity contribution is -0.162. The maximum absolute atomic E-state index is 15.0. The number of carbonyl (C=O) groups is 3. The van der Waals surface area contributed by atoms with Crippen LogP contribution in [0, 0.1) is 17.8 Å². The van der Waals surface area contributed by atoms with Crippen molar-refractivity contribution in [2.45, 2.75) is 52.1 Å². The summed E-state index contributed by atoms with van der Waals surface area (Å²) < 4.78 is 35.5. The highest BCUT2D eigenvalue weighted by atomic mass is 35.5. The molecule has 3 atom stereocenters. The first-order chi connectivity index (χ1) is 18.2. The number of hydrogen-bond donors (Lipinski definition) is 3. The van der Waals surface area contributed by atoms with Gasteiger partial charge in [0.2, 0.25) is 5.78 Å². The smallest absolute Gasteiger partial charge is 0.381 e. The average molecular weight is 587 g/mol. The van der Waals surface area contributed by atoms with Gasteiger partial charge in [0.25, 0.3) is 11.8 Å². The molecule has 214 valence electrons. The molecule has 0 aliphatic carbocycles. The first-order valence-electron chi connectivity index (χ1n) is 12.6. The third-order valence-corrected chi connectivity index (χ3v) is 6.45. The summed E-state index contributed by atoms with van der Waals surface area (Å²) in [6.07, 6.45) is 0.151. The summed E-state index contributed by atoms with van der Waals surface area (Å²) in [5.74, 6) is -10.1. The predicted molar refractivity (Wildman–Crippen MR) is 148 cm³/mol. The molecule has 0 bridgehead atoms. The third-order valence-electron chi connectivity index (χ3n) is 6.02. The summed E-state index contributed by atoms with van der Waals surface area (Å²) in [6.45, 7) is 6.17. The van der Waals surface area contributed by atoms with Gasteiger partial charge in [-0.1, -0.05) is 81.2 Å². The lowest BCUT2D eigenvalue weighted by Crippen LogP contribution is -2.60. The Morgan fingerprint density at radius 2 is 1.59 bits per heavy atom. The third kappa shape index (κ3) is 9.74. The van der Waals surface area contributed by atoms with Crippen LogP contribution in [-0.2, 0) is 20.8 Å². The Morgan fingerprint density at radius 1 is 1.00 bits per heavy atom. The molecular weight excluding hydrogens is 551 g/mol. The number of rotatable bonds is 14. The van der Waals surface area contributed by atoms with Crippen molar-refractivity contribution in [2.24, 2.45) is 23.5 Å². The van der Waals surface area contributed by atoms with Crippen LogP contribution < -0.4 is 21.1 Å². The van der Waals surface area contributed by atoms with E-state index in [1.807, 2.05) is 0 Å². The van der Waals surface area contributed by atoms with Gasteiger partial charge in [0.15, 0.2) is 6.61 Å². The van der Waals surface area contributed by atoms with E-state index in [-0.39, 0.29) is 24.6 Å². The second-order valence-electron chi connectivity index (χ2n) is 10.1. The minimum atomic E-state index is -4.29. The van der Waals surface area contributed by atoms with Gasteiger partial charge in [-0.25, -0.2) is 0 Å². The molecule has 2 rings (SSSR count). The number of benzene rings is 2. The second-order valence-corrected chi connectivity index (χ2v) is 11.0. The molecule has 0 aliphatic rings. The molecule has 1 unspecified atom stereocenters. The van der Waals surface area contributed by atoms with Crippen LogP contribution in [0.3, 0.4) is 0 Å². The zero-order valence-electron chi connectivity index (χ0n) is 22.3. The fraction of sp³-hybridized carbons (Fsp3) is 0.464. The van der Waals surface area contributed by atoms with E-state index in [0.717, 1.165) is 5.56 Å². The highest BCUT2D eigenvalue weighted by molar-refractivity contribution is 6.34. The monoisotopic (exact) mass is 585 g/mol. The quantitative estimate of drug-likeness (QED) is 0.279. The molecule has 0 saturated heterocycles. The van der Waals surface area contributed by atoms with Crippen LogP contribution in [0.25, 0.3) is 0 Å². The van der Waals surface area contributed by atoms with E-state index in [0.29, 0.717) is 10.0 Å². The Bertz CT molecular complexity index is 1110. The van der Waals surface area contributed by atoms with Crippen molar-refractivity contribution in [3.8, 4) is 5.75 Å². The van der Waals surface area contributed by atoms with Crippen molar-refractivity contribution in [3.05, 3.63) is 64.1 Å². The van der Waals surface area contributed by atoms with E-state index in [1.54, 1.807) is 58.0 Å². The van der Waals surface area contributed by atoms with Crippen molar-refractivity contribution in [3.63, 3.8) is 0 Å². The molecule has 0 spiro atoms. The second kappa shape index (κ2) is 14.6. The molecule has 0 fully saturated rings. The Kier molecular flexibility index (Phi) is 12.1. The summed E-state index contributed by atoms with van der Waals surface area (Å²) in [5.41, 5.74) is 7.21. The minimum absolute atomic E-state index is 0.00930. The molecule has 4 N–H and O–H groups in total. The number of nitrogens with two attached hydrogens (primary N) is 1. The number of amides is 2. The lowest BCUT2D eigenvalue weighted by Gasteiger charge is -2.34. The fourth-order valence-electron chi connectivity index (χ4n) is 4.06. The molecule has 7 nitrogen and oxygen atoms in total.